The molecule has 140 valence electrons. The van der Waals surface area contributed by atoms with E-state index in [1.807, 2.05) is 17.9 Å². The van der Waals surface area contributed by atoms with E-state index in [9.17, 15) is 0 Å². The second kappa shape index (κ2) is 7.39. The van der Waals surface area contributed by atoms with Gasteiger partial charge in [0.2, 0.25) is 0 Å². The highest BCUT2D eigenvalue weighted by Gasteiger charge is 2.34. The van der Waals surface area contributed by atoms with E-state index in [-0.39, 0.29) is 12.1 Å². The van der Waals surface area contributed by atoms with Gasteiger partial charge in [-0.2, -0.15) is 5.10 Å². The Kier molecular flexibility index (Phi) is 4.98. The van der Waals surface area contributed by atoms with Crippen LogP contribution in [-0.2, 0) is 18.2 Å². The van der Waals surface area contributed by atoms with Crippen molar-refractivity contribution in [2.75, 3.05) is 33.9 Å². The zero-order valence-corrected chi connectivity index (χ0v) is 15.8. The Morgan fingerprint density at radius 3 is 2.96 bits per heavy atom. The number of nitrogens with one attached hydrogen (secondary N) is 1. The van der Waals surface area contributed by atoms with Gasteiger partial charge in [0.1, 0.15) is 5.75 Å². The molecular formula is C20H28N4O2. The Morgan fingerprint density at radius 2 is 2.19 bits per heavy atom. The number of rotatable bonds is 5. The summed E-state index contributed by atoms with van der Waals surface area (Å²) in [6.07, 6.45) is 4.14. The largest absolute Gasteiger partial charge is 0.496 e. The van der Waals surface area contributed by atoms with E-state index in [1.165, 1.54) is 16.8 Å². The van der Waals surface area contributed by atoms with Gasteiger partial charge in [-0.05, 0) is 43.1 Å². The van der Waals surface area contributed by atoms with Gasteiger partial charge >= 0.3 is 0 Å². The van der Waals surface area contributed by atoms with Gasteiger partial charge in [0.15, 0.2) is 0 Å². The van der Waals surface area contributed by atoms with Crippen molar-refractivity contribution in [3.63, 3.8) is 0 Å². The molecule has 4 rings (SSSR count). The normalized spacial score (nSPS) is 26.0. The molecule has 6 heteroatoms. The summed E-state index contributed by atoms with van der Waals surface area (Å²) in [5.41, 5.74) is 3.91. The smallest absolute Gasteiger partial charge is 0.122 e. The predicted molar refractivity (Wildman–Crippen MR) is 100 cm³/mol. The molecule has 1 aliphatic carbocycles. The van der Waals surface area contributed by atoms with E-state index in [2.05, 4.69) is 46.6 Å². The summed E-state index contributed by atoms with van der Waals surface area (Å²) in [6, 6.07) is 9.03. The third-order valence-corrected chi connectivity index (χ3v) is 5.78. The molecular weight excluding hydrogens is 328 g/mol. The number of fused-ring (bicyclic) bond motifs is 1. The van der Waals surface area contributed by atoms with Gasteiger partial charge < -0.3 is 14.8 Å². The van der Waals surface area contributed by atoms with Crippen molar-refractivity contribution < 1.29 is 9.47 Å². The molecule has 6 nitrogen and oxygen atoms in total. The van der Waals surface area contributed by atoms with Crippen LogP contribution < -0.4 is 10.1 Å². The molecule has 1 saturated heterocycles. The number of morpholine rings is 1. The lowest BCUT2D eigenvalue weighted by molar-refractivity contribution is -0.0647. The number of hydrogen-bond donors (Lipinski definition) is 1. The zero-order valence-electron chi connectivity index (χ0n) is 15.8. The Bertz CT molecular complexity index is 760. The highest BCUT2D eigenvalue weighted by molar-refractivity contribution is 5.45. The molecule has 0 spiro atoms. The number of benzene rings is 1. The van der Waals surface area contributed by atoms with Crippen molar-refractivity contribution >= 4 is 0 Å². The lowest BCUT2D eigenvalue weighted by Gasteiger charge is -2.39. The molecule has 0 bridgehead atoms. The van der Waals surface area contributed by atoms with E-state index >= 15 is 0 Å². The van der Waals surface area contributed by atoms with Crippen molar-refractivity contribution in [2.45, 2.75) is 31.0 Å². The fourth-order valence-electron chi connectivity index (χ4n) is 4.41. The Morgan fingerprint density at radius 1 is 1.31 bits per heavy atom. The Labute approximate surface area is 155 Å². The molecule has 0 amide bonds. The zero-order chi connectivity index (χ0) is 18.1. The van der Waals surface area contributed by atoms with E-state index in [0.29, 0.717) is 6.04 Å². The summed E-state index contributed by atoms with van der Waals surface area (Å²) >= 11 is 0. The topological polar surface area (TPSA) is 51.5 Å². The molecule has 1 unspecified atom stereocenters. The molecule has 1 N–H and O–H groups in total. The van der Waals surface area contributed by atoms with Gasteiger partial charge in [-0.1, -0.05) is 12.1 Å². The van der Waals surface area contributed by atoms with Crippen LogP contribution in [-0.4, -0.2) is 54.6 Å². The van der Waals surface area contributed by atoms with Crippen molar-refractivity contribution in [1.82, 2.24) is 20.0 Å². The molecule has 1 aliphatic heterocycles. The summed E-state index contributed by atoms with van der Waals surface area (Å²) < 4.78 is 13.6. The summed E-state index contributed by atoms with van der Waals surface area (Å²) in [6.45, 7) is 2.53. The first kappa shape index (κ1) is 17.5. The lowest BCUT2D eigenvalue weighted by atomic mass is 10.0. The maximum atomic E-state index is 6.16. The first-order chi connectivity index (χ1) is 12.7. The van der Waals surface area contributed by atoms with Gasteiger partial charge in [-0.15, -0.1) is 0 Å². The first-order valence-corrected chi connectivity index (χ1v) is 9.38. The standard InChI is InChI=1S/C20H28N4O2/c1-23-11-12-26-19(20(23)17-9-10-22-24(17)2)13-21-16-8-7-15-14(16)5-4-6-18(15)25-3/h4-6,9-10,16,19-21H,7-8,11-13H2,1-3H3/t16?,19-,20-/m0/s1. The molecule has 1 aromatic heterocycles. The average molecular weight is 356 g/mol. The van der Waals surface area contributed by atoms with Crippen LogP contribution in [0.5, 0.6) is 5.75 Å². The number of nitrogens with zero attached hydrogens (tertiary/aromatic N) is 3. The second-order valence-corrected chi connectivity index (χ2v) is 7.24. The number of hydrogen-bond acceptors (Lipinski definition) is 5. The van der Waals surface area contributed by atoms with E-state index in [4.69, 9.17) is 9.47 Å². The van der Waals surface area contributed by atoms with Crippen LogP contribution in [0.2, 0.25) is 0 Å². The number of likely N-dealkylation sites (N-methyl/N-ethyl adjacent to an activating group) is 1. The van der Waals surface area contributed by atoms with Crippen molar-refractivity contribution in [3.05, 3.63) is 47.3 Å². The van der Waals surface area contributed by atoms with Gasteiger partial charge in [0, 0.05) is 32.4 Å². The number of ether oxygens (including phenoxy) is 2. The molecule has 1 aromatic carbocycles. The minimum atomic E-state index is 0.110. The van der Waals surface area contributed by atoms with Crippen LogP contribution in [0.15, 0.2) is 30.5 Å². The molecule has 2 aliphatic rings. The summed E-state index contributed by atoms with van der Waals surface area (Å²) in [4.78, 5) is 2.37. The van der Waals surface area contributed by atoms with Crippen molar-refractivity contribution in [2.24, 2.45) is 7.05 Å². The average Bonchev–Trinajstić information content (AvgIpc) is 3.26. The van der Waals surface area contributed by atoms with Crippen molar-refractivity contribution in [1.29, 1.82) is 0 Å². The quantitative estimate of drug-likeness (QED) is 0.889. The Hall–Kier alpha value is -1.89. The summed E-state index contributed by atoms with van der Waals surface area (Å²) in [7, 11) is 5.92. The third-order valence-electron chi connectivity index (χ3n) is 5.78. The first-order valence-electron chi connectivity index (χ1n) is 9.38. The molecule has 2 aromatic rings. The maximum Gasteiger partial charge on any atom is 0.122 e. The van der Waals surface area contributed by atoms with Gasteiger partial charge in [-0.3, -0.25) is 9.58 Å². The highest BCUT2D eigenvalue weighted by atomic mass is 16.5. The van der Waals surface area contributed by atoms with Crippen LogP contribution >= 0.6 is 0 Å². The molecule has 0 saturated carbocycles. The van der Waals surface area contributed by atoms with Gasteiger partial charge in [0.05, 0.1) is 31.6 Å². The molecule has 3 atom stereocenters. The molecule has 26 heavy (non-hydrogen) atoms. The monoisotopic (exact) mass is 356 g/mol. The minimum Gasteiger partial charge on any atom is -0.496 e. The van der Waals surface area contributed by atoms with Crippen molar-refractivity contribution in [3.8, 4) is 5.75 Å². The Balaban J connectivity index is 1.49. The van der Waals surface area contributed by atoms with E-state index in [0.717, 1.165) is 38.3 Å². The van der Waals surface area contributed by atoms with Gasteiger partial charge in [-0.25, -0.2) is 0 Å². The minimum absolute atomic E-state index is 0.110. The number of methoxy groups -OCH3 is 1. The SMILES string of the molecule is COc1cccc2c1CCC2NC[C@@H]1OCCN(C)[C@H]1c1ccnn1C. The number of aryl methyl sites for hydroxylation is 1. The fraction of sp³-hybridized carbons (Fsp3) is 0.550. The third kappa shape index (κ3) is 3.13. The van der Waals surface area contributed by atoms with Crippen LogP contribution in [0, 0.1) is 0 Å². The predicted octanol–water partition coefficient (Wildman–Crippen LogP) is 2.08. The van der Waals surface area contributed by atoms with E-state index < -0.39 is 0 Å². The van der Waals surface area contributed by atoms with Crippen LogP contribution in [0.1, 0.15) is 35.3 Å². The maximum absolute atomic E-state index is 6.16. The van der Waals surface area contributed by atoms with E-state index in [1.54, 1.807) is 7.11 Å². The summed E-state index contributed by atoms with van der Waals surface area (Å²) in [5.74, 6) is 1.01. The highest BCUT2D eigenvalue weighted by Crippen LogP contribution is 2.37. The van der Waals surface area contributed by atoms with Gasteiger partial charge in [0.25, 0.3) is 0 Å². The van der Waals surface area contributed by atoms with Crippen LogP contribution in [0.3, 0.4) is 0 Å². The summed E-state index contributed by atoms with van der Waals surface area (Å²) in [5, 5.41) is 8.10. The van der Waals surface area contributed by atoms with Crippen LogP contribution in [0.25, 0.3) is 0 Å². The number of aromatic nitrogens is 2. The van der Waals surface area contributed by atoms with Crippen LogP contribution in [0.4, 0.5) is 0 Å². The fourth-order valence-corrected chi connectivity index (χ4v) is 4.41. The second-order valence-electron chi connectivity index (χ2n) is 7.24. The molecule has 1 fully saturated rings. The molecule has 2 heterocycles. The molecule has 0 radical (unpaired) electrons. The lowest BCUT2D eigenvalue weighted by Crippen LogP contribution is -2.48.